The van der Waals surface area contributed by atoms with Gasteiger partial charge in [0.05, 0.1) is 0 Å². The molecule has 27 heavy (non-hydrogen) atoms. The van der Waals surface area contributed by atoms with Crippen LogP contribution in [0.4, 0.5) is 4.70 Å². The summed E-state index contributed by atoms with van der Waals surface area (Å²) in [6.07, 6.45) is 0. The molecule has 0 aliphatic rings. The zero-order chi connectivity index (χ0) is 17.1. The summed E-state index contributed by atoms with van der Waals surface area (Å²) in [7, 11) is 0. The molecule has 0 saturated carbocycles. The second kappa shape index (κ2) is 5.78. The summed E-state index contributed by atoms with van der Waals surface area (Å²) in [5, 5.41) is 13.1. The Labute approximate surface area is 156 Å². The maximum absolute atomic E-state index is 2.36. The summed E-state index contributed by atoms with van der Waals surface area (Å²) < 4.78 is 0. The van der Waals surface area contributed by atoms with Crippen molar-refractivity contribution in [2.24, 2.45) is 0 Å². The molecule has 0 aliphatic heterocycles. The van der Waals surface area contributed by atoms with Crippen molar-refractivity contribution in [1.29, 1.82) is 0 Å². The molecular weight excluding hydrogens is 331 g/mol. The van der Waals surface area contributed by atoms with Gasteiger partial charge in [0.2, 0.25) is 0 Å². The van der Waals surface area contributed by atoms with Gasteiger partial charge in [-0.3, -0.25) is 4.70 Å². The van der Waals surface area contributed by atoms with Crippen LogP contribution in [0.3, 0.4) is 0 Å². The first-order valence-electron chi connectivity index (χ1n) is 9.03. The molecule has 6 aromatic carbocycles. The van der Waals surface area contributed by atoms with Crippen LogP contribution in [0.2, 0.25) is 0 Å². The average Bonchev–Trinajstić information content (AvgIpc) is 2.69. The number of rotatable bonds is 0. The summed E-state index contributed by atoms with van der Waals surface area (Å²) in [5.41, 5.74) is 0. The van der Waals surface area contributed by atoms with Crippen molar-refractivity contribution in [2.75, 3.05) is 0 Å². The topological polar surface area (TPSA) is 0 Å². The van der Waals surface area contributed by atoms with E-state index in [-0.39, 0.29) is 4.70 Å². The normalized spacial score (nSPS) is 11.4. The largest absolute Gasteiger partial charge is 0.269 e. The molecule has 0 aliphatic carbocycles. The Morgan fingerprint density at radius 2 is 0.630 bits per heavy atom. The molecule has 0 atom stereocenters. The van der Waals surface area contributed by atoms with Gasteiger partial charge in [-0.1, -0.05) is 60.7 Å². The van der Waals surface area contributed by atoms with Crippen LogP contribution in [0.25, 0.3) is 53.9 Å². The van der Waals surface area contributed by atoms with Gasteiger partial charge >= 0.3 is 0 Å². The molecule has 0 saturated heterocycles. The highest BCUT2D eigenvalue weighted by Crippen LogP contribution is 2.33. The number of fused-ring (bicyclic) bond motifs is 6. The monoisotopic (exact) mass is 348 g/mol. The van der Waals surface area contributed by atoms with Crippen LogP contribution >= 0.6 is 0 Å². The van der Waals surface area contributed by atoms with Gasteiger partial charge in [-0.25, -0.2) is 0 Å². The van der Waals surface area contributed by atoms with Crippen molar-refractivity contribution in [3.05, 3.63) is 97.1 Å². The molecule has 0 aromatic heterocycles. The third-order valence-corrected chi connectivity index (χ3v) is 5.52. The van der Waals surface area contributed by atoms with Crippen LogP contribution in [0.5, 0.6) is 0 Å². The standard InChI is InChI=1S/C26H16.FH/c1-2-7-19-13-24-16-26-22(14-23(24)12-18(19)6-1)10-9-21-11-17-5-3-4-8-20(17)15-25(21)26;/h1-16H;1H. The Morgan fingerprint density at radius 3 is 1.15 bits per heavy atom. The lowest BCUT2D eigenvalue weighted by Crippen LogP contribution is -1.82. The van der Waals surface area contributed by atoms with E-state index < -0.39 is 0 Å². The van der Waals surface area contributed by atoms with E-state index >= 15 is 0 Å². The molecule has 0 fully saturated rings. The number of benzene rings is 6. The van der Waals surface area contributed by atoms with E-state index in [9.17, 15) is 0 Å². The summed E-state index contributed by atoms with van der Waals surface area (Å²) in [4.78, 5) is 0. The fraction of sp³-hybridized carbons (Fsp3) is 0. The van der Waals surface area contributed by atoms with Gasteiger partial charge in [0.15, 0.2) is 0 Å². The highest BCUT2D eigenvalue weighted by Gasteiger charge is 2.06. The third kappa shape index (κ3) is 2.36. The summed E-state index contributed by atoms with van der Waals surface area (Å²) >= 11 is 0. The van der Waals surface area contributed by atoms with E-state index in [1.165, 1.54) is 53.9 Å². The zero-order valence-corrected chi connectivity index (χ0v) is 14.6. The Balaban J connectivity index is 0.00000160. The molecule has 0 unspecified atom stereocenters. The highest BCUT2D eigenvalue weighted by molar-refractivity contribution is 6.16. The van der Waals surface area contributed by atoms with E-state index in [1.54, 1.807) is 0 Å². The molecule has 0 bridgehead atoms. The first-order chi connectivity index (χ1) is 12.8. The summed E-state index contributed by atoms with van der Waals surface area (Å²) in [6, 6.07) is 35.6. The van der Waals surface area contributed by atoms with Gasteiger partial charge in [-0.2, -0.15) is 0 Å². The quantitative estimate of drug-likeness (QED) is 0.196. The lowest BCUT2D eigenvalue weighted by atomic mass is 9.95. The van der Waals surface area contributed by atoms with Crippen LogP contribution in [0.1, 0.15) is 0 Å². The van der Waals surface area contributed by atoms with Crippen molar-refractivity contribution in [2.45, 2.75) is 0 Å². The van der Waals surface area contributed by atoms with Crippen molar-refractivity contribution < 1.29 is 4.70 Å². The van der Waals surface area contributed by atoms with Crippen molar-refractivity contribution >= 4 is 53.9 Å². The molecule has 0 amide bonds. The Hall–Kier alpha value is -3.45. The van der Waals surface area contributed by atoms with E-state index in [0.717, 1.165) is 0 Å². The Kier molecular flexibility index (Phi) is 3.38. The van der Waals surface area contributed by atoms with Crippen molar-refractivity contribution in [3.63, 3.8) is 0 Å². The Morgan fingerprint density at radius 1 is 0.296 bits per heavy atom. The fourth-order valence-corrected chi connectivity index (χ4v) is 4.19. The smallest absolute Gasteiger partial charge is 0.00988 e. The molecule has 6 aromatic rings. The van der Waals surface area contributed by atoms with Gasteiger partial charge < -0.3 is 0 Å². The first-order valence-corrected chi connectivity index (χ1v) is 9.03. The van der Waals surface area contributed by atoms with E-state index in [0.29, 0.717) is 0 Å². The van der Waals surface area contributed by atoms with Crippen molar-refractivity contribution in [1.82, 2.24) is 0 Å². The molecule has 0 spiro atoms. The summed E-state index contributed by atoms with van der Waals surface area (Å²) in [5.74, 6) is 0. The molecule has 0 heterocycles. The molecule has 0 nitrogen and oxygen atoms in total. The predicted octanol–water partition coefficient (Wildman–Crippen LogP) is 7.61. The molecular formula is C26H17F. The fourth-order valence-electron chi connectivity index (χ4n) is 4.19. The van der Waals surface area contributed by atoms with E-state index in [2.05, 4.69) is 97.1 Å². The minimum absolute atomic E-state index is 0. The molecule has 128 valence electrons. The van der Waals surface area contributed by atoms with Crippen LogP contribution < -0.4 is 0 Å². The number of hydrogen-bond acceptors (Lipinski definition) is 0. The van der Waals surface area contributed by atoms with Crippen LogP contribution in [0, 0.1) is 0 Å². The highest BCUT2D eigenvalue weighted by atomic mass is 19.0. The van der Waals surface area contributed by atoms with Crippen LogP contribution in [-0.4, -0.2) is 0 Å². The van der Waals surface area contributed by atoms with E-state index in [4.69, 9.17) is 0 Å². The molecule has 0 radical (unpaired) electrons. The SMILES string of the molecule is F.c1ccc2cc3cc4c(ccc5cc6ccccc6cc54)cc3cc2c1. The molecule has 6 rings (SSSR count). The molecule has 1 heteroatoms. The number of halogens is 1. The van der Waals surface area contributed by atoms with Gasteiger partial charge in [-0.15, -0.1) is 0 Å². The van der Waals surface area contributed by atoms with E-state index in [1.807, 2.05) is 0 Å². The first kappa shape index (κ1) is 15.8. The van der Waals surface area contributed by atoms with Crippen LogP contribution in [-0.2, 0) is 0 Å². The maximum atomic E-state index is 2.36. The average molecular weight is 348 g/mol. The minimum atomic E-state index is 0. The lowest BCUT2D eigenvalue weighted by molar-refractivity contribution is 1.11. The van der Waals surface area contributed by atoms with Gasteiger partial charge in [0.25, 0.3) is 0 Å². The number of hydrogen-bond donors (Lipinski definition) is 0. The maximum Gasteiger partial charge on any atom is -0.00988 e. The minimum Gasteiger partial charge on any atom is -0.269 e. The zero-order valence-electron chi connectivity index (χ0n) is 14.6. The van der Waals surface area contributed by atoms with Crippen molar-refractivity contribution in [3.8, 4) is 0 Å². The van der Waals surface area contributed by atoms with Gasteiger partial charge in [0, 0.05) is 0 Å². The van der Waals surface area contributed by atoms with Gasteiger partial charge in [0.1, 0.15) is 0 Å². The van der Waals surface area contributed by atoms with Crippen LogP contribution in [0.15, 0.2) is 97.1 Å². The second-order valence-corrected chi connectivity index (χ2v) is 7.11. The second-order valence-electron chi connectivity index (χ2n) is 7.11. The predicted molar refractivity (Wildman–Crippen MR) is 116 cm³/mol. The molecule has 0 N–H and O–H groups in total. The Bertz CT molecular complexity index is 1460. The summed E-state index contributed by atoms with van der Waals surface area (Å²) in [6.45, 7) is 0. The third-order valence-electron chi connectivity index (χ3n) is 5.52. The van der Waals surface area contributed by atoms with Gasteiger partial charge in [-0.05, 0) is 90.3 Å². The lowest BCUT2D eigenvalue weighted by Gasteiger charge is -2.09.